The Morgan fingerprint density at radius 1 is 1.29 bits per heavy atom. The van der Waals surface area contributed by atoms with Gasteiger partial charge in [0.2, 0.25) is 10.0 Å². The van der Waals surface area contributed by atoms with E-state index in [1.165, 1.54) is 16.4 Å². The van der Waals surface area contributed by atoms with Gasteiger partial charge in [-0.15, -0.1) is 0 Å². The second kappa shape index (κ2) is 6.42. The summed E-state index contributed by atoms with van der Waals surface area (Å²) in [5.41, 5.74) is 0.775. The second-order valence-electron chi connectivity index (χ2n) is 5.82. The lowest BCUT2D eigenvalue weighted by Crippen LogP contribution is -2.30. The summed E-state index contributed by atoms with van der Waals surface area (Å²) < 4.78 is 40.7. The molecule has 0 spiro atoms. The first-order valence-electron chi connectivity index (χ1n) is 7.35. The minimum Gasteiger partial charge on any atom is -0.313 e. The monoisotopic (exact) mass is 314 g/mol. The Kier molecular flexibility index (Phi) is 5.01. The third-order valence-electron chi connectivity index (χ3n) is 4.15. The van der Waals surface area contributed by atoms with Crippen molar-refractivity contribution in [3.8, 4) is 0 Å². The Hall–Kier alpha value is -0.980. The van der Waals surface area contributed by atoms with Crippen LogP contribution in [0.15, 0.2) is 23.1 Å². The molecule has 0 aliphatic carbocycles. The van der Waals surface area contributed by atoms with Gasteiger partial charge < -0.3 is 5.32 Å². The summed E-state index contributed by atoms with van der Waals surface area (Å²) in [4.78, 5) is -0.209. The van der Waals surface area contributed by atoms with Crippen molar-refractivity contribution in [3.05, 3.63) is 29.6 Å². The molecule has 0 radical (unpaired) electrons. The molecule has 1 aliphatic heterocycles. The van der Waals surface area contributed by atoms with Crippen molar-refractivity contribution >= 4 is 10.0 Å². The molecule has 1 aromatic rings. The van der Waals surface area contributed by atoms with E-state index in [4.69, 9.17) is 0 Å². The van der Waals surface area contributed by atoms with E-state index in [-0.39, 0.29) is 4.90 Å². The average Bonchev–Trinajstić information content (AvgIpc) is 2.78. The van der Waals surface area contributed by atoms with Gasteiger partial charge >= 0.3 is 0 Å². The predicted molar refractivity (Wildman–Crippen MR) is 80.9 cm³/mol. The van der Waals surface area contributed by atoms with Gasteiger partial charge in [0.05, 0.1) is 0 Å². The molecule has 2 unspecified atom stereocenters. The number of benzene rings is 1. The number of sulfonamides is 1. The molecule has 1 heterocycles. The molecule has 0 amide bonds. The van der Waals surface area contributed by atoms with Crippen LogP contribution in [0.2, 0.25) is 0 Å². The van der Waals surface area contributed by atoms with E-state index < -0.39 is 15.8 Å². The number of hydrogen-bond acceptors (Lipinski definition) is 3. The van der Waals surface area contributed by atoms with E-state index >= 15 is 0 Å². The molecule has 0 bridgehead atoms. The molecule has 2 atom stereocenters. The number of nitrogens with one attached hydrogen (secondary N) is 1. The molecule has 1 saturated heterocycles. The van der Waals surface area contributed by atoms with E-state index in [1.807, 2.05) is 20.8 Å². The first-order valence-corrected chi connectivity index (χ1v) is 8.79. The van der Waals surface area contributed by atoms with Crippen molar-refractivity contribution in [1.29, 1.82) is 0 Å². The van der Waals surface area contributed by atoms with Gasteiger partial charge in [-0.3, -0.25) is 0 Å². The SMILES string of the molecule is CCNCc1ccc(F)c(S(=O)(=O)N2CC(C)C(C)C2)c1. The Morgan fingerprint density at radius 2 is 1.90 bits per heavy atom. The average molecular weight is 314 g/mol. The summed E-state index contributed by atoms with van der Waals surface area (Å²) in [5.74, 6) is -0.0805. The normalized spacial score (nSPS) is 23.6. The molecule has 2 rings (SSSR count). The highest BCUT2D eigenvalue weighted by Crippen LogP contribution is 2.29. The van der Waals surface area contributed by atoms with Crippen molar-refractivity contribution in [2.24, 2.45) is 11.8 Å². The Labute approximate surface area is 126 Å². The molecule has 1 N–H and O–H groups in total. The zero-order valence-corrected chi connectivity index (χ0v) is 13.6. The largest absolute Gasteiger partial charge is 0.313 e. The number of halogens is 1. The number of hydrogen-bond donors (Lipinski definition) is 1. The van der Waals surface area contributed by atoms with E-state index in [0.717, 1.165) is 12.1 Å². The van der Waals surface area contributed by atoms with Gasteiger partial charge in [0.15, 0.2) is 0 Å². The van der Waals surface area contributed by atoms with Crippen LogP contribution < -0.4 is 5.32 Å². The van der Waals surface area contributed by atoms with Crippen LogP contribution in [0.5, 0.6) is 0 Å². The third kappa shape index (κ3) is 3.44. The molecule has 1 aliphatic rings. The molecular formula is C15H23FN2O2S. The topological polar surface area (TPSA) is 49.4 Å². The lowest BCUT2D eigenvalue weighted by molar-refractivity contribution is 0.456. The molecule has 4 nitrogen and oxygen atoms in total. The van der Waals surface area contributed by atoms with Crippen LogP contribution >= 0.6 is 0 Å². The molecule has 21 heavy (non-hydrogen) atoms. The number of nitrogens with zero attached hydrogens (tertiary/aromatic N) is 1. The van der Waals surface area contributed by atoms with Gasteiger partial charge in [-0.05, 0) is 36.1 Å². The van der Waals surface area contributed by atoms with Gasteiger partial charge in [0.1, 0.15) is 10.7 Å². The highest BCUT2D eigenvalue weighted by Gasteiger charge is 2.36. The predicted octanol–water partition coefficient (Wildman–Crippen LogP) is 2.21. The van der Waals surface area contributed by atoms with Gasteiger partial charge in [0.25, 0.3) is 0 Å². The minimum absolute atomic E-state index is 0.209. The van der Waals surface area contributed by atoms with Crippen molar-refractivity contribution in [2.75, 3.05) is 19.6 Å². The fourth-order valence-electron chi connectivity index (χ4n) is 2.54. The highest BCUT2D eigenvalue weighted by atomic mass is 32.2. The maximum Gasteiger partial charge on any atom is 0.246 e. The summed E-state index contributed by atoms with van der Waals surface area (Å²) >= 11 is 0. The maximum absolute atomic E-state index is 14.0. The Balaban J connectivity index is 2.31. The summed E-state index contributed by atoms with van der Waals surface area (Å²) in [7, 11) is -3.75. The fraction of sp³-hybridized carbons (Fsp3) is 0.600. The molecule has 118 valence electrons. The van der Waals surface area contributed by atoms with Gasteiger partial charge in [-0.1, -0.05) is 26.8 Å². The number of rotatable bonds is 5. The first kappa shape index (κ1) is 16.4. The second-order valence-corrected chi connectivity index (χ2v) is 7.73. The standard InChI is InChI=1S/C15H23FN2O2S/c1-4-17-8-13-5-6-14(16)15(7-13)21(19,20)18-9-11(2)12(3)10-18/h5-7,11-12,17H,4,8-10H2,1-3H3. The lowest BCUT2D eigenvalue weighted by atomic mass is 10.0. The molecule has 0 saturated carbocycles. The quantitative estimate of drug-likeness (QED) is 0.906. The molecule has 1 fully saturated rings. The highest BCUT2D eigenvalue weighted by molar-refractivity contribution is 7.89. The van der Waals surface area contributed by atoms with Crippen LogP contribution in [0.25, 0.3) is 0 Å². The summed E-state index contributed by atoms with van der Waals surface area (Å²) in [6.07, 6.45) is 0. The van der Waals surface area contributed by atoms with Crippen LogP contribution in [0.4, 0.5) is 4.39 Å². The molecular weight excluding hydrogens is 291 g/mol. The van der Waals surface area contributed by atoms with Gasteiger partial charge in [0, 0.05) is 19.6 Å². The minimum atomic E-state index is -3.75. The van der Waals surface area contributed by atoms with Crippen LogP contribution in [0, 0.1) is 17.7 Å². The van der Waals surface area contributed by atoms with Crippen LogP contribution in [0.3, 0.4) is 0 Å². The Bertz CT molecular complexity index is 594. The van der Waals surface area contributed by atoms with Gasteiger partial charge in [-0.2, -0.15) is 4.31 Å². The van der Waals surface area contributed by atoms with Crippen molar-refractivity contribution < 1.29 is 12.8 Å². The van der Waals surface area contributed by atoms with E-state index in [9.17, 15) is 12.8 Å². The smallest absolute Gasteiger partial charge is 0.246 e. The molecule has 1 aromatic carbocycles. The van der Waals surface area contributed by atoms with Crippen LogP contribution in [-0.4, -0.2) is 32.4 Å². The fourth-order valence-corrected chi connectivity index (χ4v) is 4.29. The Morgan fingerprint density at radius 3 is 2.48 bits per heavy atom. The zero-order valence-electron chi connectivity index (χ0n) is 12.8. The maximum atomic E-state index is 14.0. The molecule has 0 aromatic heterocycles. The van der Waals surface area contributed by atoms with Crippen LogP contribution in [-0.2, 0) is 16.6 Å². The van der Waals surface area contributed by atoms with E-state index in [1.54, 1.807) is 6.07 Å². The first-order chi connectivity index (χ1) is 9.86. The van der Waals surface area contributed by atoms with E-state index in [0.29, 0.717) is 31.5 Å². The van der Waals surface area contributed by atoms with Crippen molar-refractivity contribution in [1.82, 2.24) is 9.62 Å². The third-order valence-corrected chi connectivity index (χ3v) is 5.99. The summed E-state index contributed by atoms with van der Waals surface area (Å²) in [5, 5.41) is 3.12. The van der Waals surface area contributed by atoms with Crippen LogP contribution in [0.1, 0.15) is 26.3 Å². The van der Waals surface area contributed by atoms with Gasteiger partial charge in [-0.25, -0.2) is 12.8 Å². The van der Waals surface area contributed by atoms with E-state index in [2.05, 4.69) is 5.32 Å². The zero-order chi connectivity index (χ0) is 15.6. The van der Waals surface area contributed by atoms with Crippen molar-refractivity contribution in [2.45, 2.75) is 32.2 Å². The summed E-state index contributed by atoms with van der Waals surface area (Å²) in [6, 6.07) is 4.30. The lowest BCUT2D eigenvalue weighted by Gasteiger charge is -2.17. The van der Waals surface area contributed by atoms with Crippen molar-refractivity contribution in [3.63, 3.8) is 0 Å². The molecule has 6 heteroatoms. The summed E-state index contributed by atoms with van der Waals surface area (Å²) in [6.45, 7) is 8.25.